The van der Waals surface area contributed by atoms with Crippen molar-refractivity contribution in [3.8, 4) is 0 Å². The number of hydrogen-bond donors (Lipinski definition) is 1. The van der Waals surface area contributed by atoms with Crippen molar-refractivity contribution in [2.24, 2.45) is 0 Å². The molecule has 0 fully saturated rings. The van der Waals surface area contributed by atoms with Crippen LogP contribution in [-0.2, 0) is 6.54 Å². The van der Waals surface area contributed by atoms with Crippen LogP contribution >= 0.6 is 12.4 Å². The summed E-state index contributed by atoms with van der Waals surface area (Å²) < 4.78 is 11.8. The fraction of sp³-hybridized carbons (Fsp3) is 0.143. The lowest BCUT2D eigenvalue weighted by Gasteiger charge is -2.01. The van der Waals surface area contributed by atoms with E-state index in [9.17, 15) is 4.48 Å². The predicted octanol–water partition coefficient (Wildman–Crippen LogP) is 2.18. The minimum atomic E-state index is -0.338. The van der Waals surface area contributed by atoms with Crippen molar-refractivity contribution in [3.05, 3.63) is 35.9 Å². The van der Waals surface area contributed by atoms with Gasteiger partial charge >= 0.3 is 0 Å². The quantitative estimate of drug-likeness (QED) is 0.553. The minimum Gasteiger partial charge on any atom is -0.285 e. The van der Waals surface area contributed by atoms with E-state index in [1.807, 2.05) is 6.07 Å². The van der Waals surface area contributed by atoms with Crippen LogP contribution in [0.2, 0.25) is 0 Å². The van der Waals surface area contributed by atoms with Gasteiger partial charge in [-0.15, -0.1) is 16.9 Å². The molecular weight excluding hydrogens is 169 g/mol. The fourth-order valence-corrected chi connectivity index (χ4v) is 0.734. The summed E-state index contributed by atoms with van der Waals surface area (Å²) in [5.41, 5.74) is 0.743. The maximum absolute atomic E-state index is 11.8. The number of halogens is 2. The summed E-state index contributed by atoms with van der Waals surface area (Å²) in [6, 6.07) is 8.90. The second kappa shape index (κ2) is 5.07. The van der Waals surface area contributed by atoms with Crippen LogP contribution in [0.3, 0.4) is 0 Å². The highest BCUT2D eigenvalue weighted by molar-refractivity contribution is 5.85. The molecule has 0 bridgehead atoms. The molecule has 1 aromatic carbocycles. The molecule has 0 unspecified atom stereocenters. The Balaban J connectivity index is 0.000001000. The topological polar surface area (TPSA) is 23.5 Å². The Morgan fingerprint density at radius 2 is 1.82 bits per heavy atom. The van der Waals surface area contributed by atoms with E-state index in [1.165, 1.54) is 0 Å². The lowest BCUT2D eigenvalue weighted by atomic mass is 10.2. The average molecular weight is 178 g/mol. The third-order valence-corrected chi connectivity index (χ3v) is 1.16. The van der Waals surface area contributed by atoms with Gasteiger partial charge in [-0.05, 0) is 10.8 Å². The Morgan fingerprint density at radius 1 is 1.27 bits per heavy atom. The largest absolute Gasteiger partial charge is 0.285 e. The molecule has 0 aliphatic rings. The van der Waals surface area contributed by atoms with Gasteiger partial charge in [0.25, 0.3) is 0 Å². The van der Waals surface area contributed by atoms with Gasteiger partial charge in [0.15, 0.2) is 0 Å². The average Bonchev–Trinajstić information content (AvgIpc) is 1.88. The zero-order valence-corrected chi connectivity index (χ0v) is 6.59. The molecular formula is C7H9ClFNO. The number of hydroxylamine groups is 1. The van der Waals surface area contributed by atoms with E-state index in [4.69, 9.17) is 5.21 Å². The molecule has 0 amide bonds. The first-order valence-corrected chi connectivity index (χ1v) is 2.95. The number of hydrogen-bond acceptors (Lipinski definition) is 2. The molecule has 0 aliphatic carbocycles. The maximum Gasteiger partial charge on any atom is 0.0817 e. The molecule has 2 nitrogen and oxygen atoms in total. The Hall–Kier alpha value is -0.640. The third kappa shape index (κ3) is 3.93. The van der Waals surface area contributed by atoms with E-state index in [-0.39, 0.29) is 24.2 Å². The molecule has 1 aromatic rings. The van der Waals surface area contributed by atoms with Crippen LogP contribution in [0.1, 0.15) is 5.56 Å². The molecule has 0 spiro atoms. The zero-order chi connectivity index (χ0) is 7.40. The lowest BCUT2D eigenvalue weighted by Crippen LogP contribution is -2.05. The summed E-state index contributed by atoms with van der Waals surface area (Å²) >= 11 is 0. The van der Waals surface area contributed by atoms with Gasteiger partial charge in [0.05, 0.1) is 6.54 Å². The van der Waals surface area contributed by atoms with Crippen molar-refractivity contribution in [3.63, 3.8) is 0 Å². The van der Waals surface area contributed by atoms with Crippen molar-refractivity contribution in [1.82, 2.24) is 5.29 Å². The number of rotatable bonds is 2. The van der Waals surface area contributed by atoms with Crippen LogP contribution in [0.5, 0.6) is 0 Å². The monoisotopic (exact) mass is 177 g/mol. The van der Waals surface area contributed by atoms with Crippen molar-refractivity contribution < 1.29 is 9.69 Å². The zero-order valence-electron chi connectivity index (χ0n) is 5.77. The smallest absolute Gasteiger partial charge is 0.0817 e. The van der Waals surface area contributed by atoms with Crippen LogP contribution in [0.15, 0.2) is 30.3 Å². The molecule has 11 heavy (non-hydrogen) atoms. The van der Waals surface area contributed by atoms with E-state index in [2.05, 4.69) is 0 Å². The van der Waals surface area contributed by atoms with Crippen molar-refractivity contribution >= 4 is 12.4 Å². The molecule has 0 saturated heterocycles. The van der Waals surface area contributed by atoms with Gasteiger partial charge in [0.2, 0.25) is 0 Å². The maximum atomic E-state index is 11.8. The SMILES string of the molecule is Cl.ON(F)Cc1ccccc1. The summed E-state index contributed by atoms with van der Waals surface area (Å²) in [5, 5.41) is 7.83. The normalized spacial score (nSPS) is 9.36. The van der Waals surface area contributed by atoms with Crippen LogP contribution in [-0.4, -0.2) is 10.5 Å². The van der Waals surface area contributed by atoms with Gasteiger partial charge in [0, 0.05) is 0 Å². The summed E-state index contributed by atoms with van der Waals surface area (Å²) in [6.45, 7) is -0.0825. The minimum absolute atomic E-state index is 0. The summed E-state index contributed by atoms with van der Waals surface area (Å²) in [4.78, 5) is 0. The molecule has 0 aromatic heterocycles. The van der Waals surface area contributed by atoms with Crippen LogP contribution in [0.4, 0.5) is 4.48 Å². The Morgan fingerprint density at radius 3 is 2.27 bits per heavy atom. The molecule has 62 valence electrons. The first-order chi connectivity index (χ1) is 4.79. The number of benzene rings is 1. The van der Waals surface area contributed by atoms with E-state index in [0.717, 1.165) is 5.56 Å². The number of nitrogens with zero attached hydrogens (tertiary/aromatic N) is 1. The van der Waals surface area contributed by atoms with E-state index < -0.39 is 0 Å². The lowest BCUT2D eigenvalue weighted by molar-refractivity contribution is -0.244. The third-order valence-electron chi connectivity index (χ3n) is 1.16. The van der Waals surface area contributed by atoms with Gasteiger partial charge in [0.1, 0.15) is 0 Å². The highest BCUT2D eigenvalue weighted by atomic mass is 35.5. The standard InChI is InChI=1S/C7H8FNO.ClH/c8-9(10)6-7-4-2-1-3-5-7;/h1-5,10H,6H2;1H. The Kier molecular flexibility index (Phi) is 4.77. The first kappa shape index (κ1) is 10.4. The second-order valence-electron chi connectivity index (χ2n) is 1.98. The van der Waals surface area contributed by atoms with E-state index >= 15 is 0 Å². The fourth-order valence-electron chi connectivity index (χ4n) is 0.734. The molecule has 0 heterocycles. The van der Waals surface area contributed by atoms with Crippen LogP contribution in [0, 0.1) is 0 Å². The van der Waals surface area contributed by atoms with Gasteiger partial charge in [-0.1, -0.05) is 30.3 Å². The summed E-state index contributed by atoms with van der Waals surface area (Å²) in [5.74, 6) is 0. The van der Waals surface area contributed by atoms with Crippen LogP contribution in [0.25, 0.3) is 0 Å². The van der Waals surface area contributed by atoms with E-state index in [1.54, 1.807) is 24.3 Å². The second-order valence-corrected chi connectivity index (χ2v) is 1.98. The van der Waals surface area contributed by atoms with Gasteiger partial charge in [-0.25, -0.2) is 0 Å². The van der Waals surface area contributed by atoms with E-state index in [0.29, 0.717) is 0 Å². The molecule has 0 radical (unpaired) electrons. The molecule has 1 N–H and O–H groups in total. The van der Waals surface area contributed by atoms with Gasteiger partial charge in [-0.3, -0.25) is 5.21 Å². The predicted molar refractivity (Wildman–Crippen MR) is 42.1 cm³/mol. The molecule has 4 heteroatoms. The molecule has 0 aliphatic heterocycles. The summed E-state index contributed by atoms with van der Waals surface area (Å²) in [7, 11) is 0. The first-order valence-electron chi connectivity index (χ1n) is 2.95. The molecule has 0 atom stereocenters. The Labute approximate surface area is 70.6 Å². The van der Waals surface area contributed by atoms with Crippen molar-refractivity contribution in [2.45, 2.75) is 6.54 Å². The Bertz CT molecular complexity index is 193. The molecule has 0 saturated carbocycles. The van der Waals surface area contributed by atoms with Crippen molar-refractivity contribution in [1.29, 1.82) is 0 Å². The highest BCUT2D eigenvalue weighted by Gasteiger charge is 1.96. The molecule has 1 rings (SSSR count). The van der Waals surface area contributed by atoms with Gasteiger partial charge in [-0.2, -0.15) is 0 Å². The highest BCUT2D eigenvalue weighted by Crippen LogP contribution is 2.01. The van der Waals surface area contributed by atoms with Crippen LogP contribution < -0.4 is 0 Å². The van der Waals surface area contributed by atoms with Gasteiger partial charge < -0.3 is 0 Å². The van der Waals surface area contributed by atoms with Crippen molar-refractivity contribution in [2.75, 3.05) is 0 Å². The summed E-state index contributed by atoms with van der Waals surface area (Å²) in [6.07, 6.45) is 0.